The van der Waals surface area contributed by atoms with Crippen molar-refractivity contribution in [2.45, 2.75) is 18.9 Å². The Bertz CT molecular complexity index is 780. The van der Waals surface area contributed by atoms with Gasteiger partial charge in [0.25, 0.3) is 11.8 Å². The Kier molecular flexibility index (Phi) is 5.14. The second-order valence-electron chi connectivity index (χ2n) is 5.87. The Morgan fingerprint density at radius 3 is 2.32 bits per heavy atom. The van der Waals surface area contributed by atoms with Crippen LogP contribution in [0.15, 0.2) is 41.8 Å². The van der Waals surface area contributed by atoms with E-state index in [2.05, 4.69) is 5.32 Å². The second kappa shape index (κ2) is 7.48. The van der Waals surface area contributed by atoms with Gasteiger partial charge in [-0.25, -0.2) is 4.79 Å². The van der Waals surface area contributed by atoms with Crippen LogP contribution in [-0.2, 0) is 0 Å². The van der Waals surface area contributed by atoms with Gasteiger partial charge in [-0.1, -0.05) is 18.2 Å². The number of aromatic carboxylic acids is 1. The molecule has 2 amide bonds. The van der Waals surface area contributed by atoms with Crippen molar-refractivity contribution in [2.75, 3.05) is 13.1 Å². The van der Waals surface area contributed by atoms with Gasteiger partial charge in [0.2, 0.25) is 0 Å². The Labute approximate surface area is 149 Å². The molecule has 0 atom stereocenters. The molecule has 0 radical (unpaired) electrons. The molecule has 6 nitrogen and oxygen atoms in total. The van der Waals surface area contributed by atoms with Crippen LogP contribution in [0.2, 0.25) is 0 Å². The normalized spacial score (nSPS) is 15.0. The molecule has 7 heteroatoms. The number of hydrogen-bond donors (Lipinski definition) is 2. The van der Waals surface area contributed by atoms with Crippen LogP contribution in [0.1, 0.15) is 43.2 Å². The summed E-state index contributed by atoms with van der Waals surface area (Å²) in [4.78, 5) is 38.3. The molecular formula is C18H18N2O4S. The summed E-state index contributed by atoms with van der Waals surface area (Å²) in [7, 11) is 0. The van der Waals surface area contributed by atoms with Gasteiger partial charge in [0.1, 0.15) is 0 Å². The van der Waals surface area contributed by atoms with Gasteiger partial charge in [-0.2, -0.15) is 0 Å². The number of hydrogen-bond acceptors (Lipinski definition) is 4. The first-order valence-electron chi connectivity index (χ1n) is 8.02. The lowest BCUT2D eigenvalue weighted by atomic mass is 10.0. The highest BCUT2D eigenvalue weighted by Gasteiger charge is 2.27. The molecule has 1 aliphatic heterocycles. The third-order valence-corrected chi connectivity index (χ3v) is 5.12. The molecule has 0 saturated carbocycles. The molecule has 1 aliphatic rings. The van der Waals surface area contributed by atoms with Crippen LogP contribution in [0.5, 0.6) is 0 Å². The number of piperidine rings is 1. The van der Waals surface area contributed by atoms with Gasteiger partial charge in [-0.3, -0.25) is 9.59 Å². The largest absolute Gasteiger partial charge is 0.478 e. The number of amides is 2. The Balaban J connectivity index is 1.60. The van der Waals surface area contributed by atoms with E-state index in [4.69, 9.17) is 0 Å². The summed E-state index contributed by atoms with van der Waals surface area (Å²) in [6.45, 7) is 0.977. The number of thiophene rings is 1. The highest BCUT2D eigenvalue weighted by Crippen LogP contribution is 2.18. The third kappa shape index (κ3) is 3.88. The average Bonchev–Trinajstić information content (AvgIpc) is 3.16. The highest BCUT2D eigenvalue weighted by molar-refractivity contribution is 7.12. The van der Waals surface area contributed by atoms with Crippen molar-refractivity contribution < 1.29 is 19.5 Å². The Morgan fingerprint density at radius 1 is 1.04 bits per heavy atom. The molecule has 130 valence electrons. The summed E-state index contributed by atoms with van der Waals surface area (Å²) >= 11 is 1.39. The summed E-state index contributed by atoms with van der Waals surface area (Å²) in [5.74, 6) is -1.47. The lowest BCUT2D eigenvalue weighted by Crippen LogP contribution is -2.46. The Morgan fingerprint density at radius 2 is 1.72 bits per heavy atom. The van der Waals surface area contributed by atoms with Crippen molar-refractivity contribution in [1.82, 2.24) is 10.2 Å². The van der Waals surface area contributed by atoms with Gasteiger partial charge in [0.05, 0.1) is 16.0 Å². The van der Waals surface area contributed by atoms with E-state index < -0.39 is 5.97 Å². The molecule has 1 saturated heterocycles. The van der Waals surface area contributed by atoms with Crippen molar-refractivity contribution in [3.8, 4) is 0 Å². The van der Waals surface area contributed by atoms with Gasteiger partial charge in [0.15, 0.2) is 0 Å². The standard InChI is InChI=1S/C18H18N2O4S/c21-16(15-6-3-11-25-15)19-12-7-9-20(10-8-12)17(22)13-4-1-2-5-14(13)18(23)24/h1-6,11-12H,7-10H2,(H,19,21)(H,23,24). The molecule has 3 rings (SSSR count). The van der Waals surface area contributed by atoms with Crippen molar-refractivity contribution in [1.29, 1.82) is 0 Å². The molecule has 1 aromatic heterocycles. The molecule has 2 aromatic rings. The monoisotopic (exact) mass is 358 g/mol. The molecule has 25 heavy (non-hydrogen) atoms. The van der Waals surface area contributed by atoms with Crippen LogP contribution in [-0.4, -0.2) is 46.9 Å². The van der Waals surface area contributed by atoms with E-state index in [1.165, 1.54) is 23.5 Å². The molecular weight excluding hydrogens is 340 g/mol. The fourth-order valence-corrected chi connectivity index (χ4v) is 3.54. The minimum absolute atomic E-state index is 0.0145. The van der Waals surface area contributed by atoms with Crippen molar-refractivity contribution in [3.05, 3.63) is 57.8 Å². The number of carboxylic acid groups (broad SMARTS) is 1. The fourth-order valence-electron chi connectivity index (χ4n) is 2.92. The van der Waals surface area contributed by atoms with E-state index in [1.54, 1.807) is 23.1 Å². The van der Waals surface area contributed by atoms with Gasteiger partial charge < -0.3 is 15.3 Å². The van der Waals surface area contributed by atoms with Crippen molar-refractivity contribution in [2.24, 2.45) is 0 Å². The number of carboxylic acids is 1. The number of nitrogens with one attached hydrogen (secondary N) is 1. The first-order valence-corrected chi connectivity index (χ1v) is 8.90. The van der Waals surface area contributed by atoms with Gasteiger partial charge in [0, 0.05) is 19.1 Å². The van der Waals surface area contributed by atoms with E-state index in [1.807, 2.05) is 11.4 Å². The first-order chi connectivity index (χ1) is 12.1. The SMILES string of the molecule is O=C(NC1CCN(C(=O)c2ccccc2C(=O)O)CC1)c1cccs1. The predicted molar refractivity (Wildman–Crippen MR) is 94.1 cm³/mol. The minimum atomic E-state index is -1.11. The maximum absolute atomic E-state index is 12.6. The zero-order chi connectivity index (χ0) is 17.8. The average molecular weight is 358 g/mol. The second-order valence-corrected chi connectivity index (χ2v) is 6.82. The minimum Gasteiger partial charge on any atom is -0.478 e. The number of benzene rings is 1. The maximum atomic E-state index is 12.6. The summed E-state index contributed by atoms with van der Waals surface area (Å²) in [5, 5.41) is 14.1. The number of likely N-dealkylation sites (tertiary alicyclic amines) is 1. The van der Waals surface area contributed by atoms with Crippen LogP contribution in [0, 0.1) is 0 Å². The molecule has 0 aliphatic carbocycles. The van der Waals surface area contributed by atoms with Crippen molar-refractivity contribution >= 4 is 29.1 Å². The van der Waals surface area contributed by atoms with Crippen LogP contribution >= 0.6 is 11.3 Å². The highest BCUT2D eigenvalue weighted by atomic mass is 32.1. The zero-order valence-corrected chi connectivity index (χ0v) is 14.3. The summed E-state index contributed by atoms with van der Waals surface area (Å²) in [6, 6.07) is 9.87. The zero-order valence-electron chi connectivity index (χ0n) is 13.5. The molecule has 0 unspecified atom stereocenters. The molecule has 0 spiro atoms. The summed E-state index contributed by atoms with van der Waals surface area (Å²) in [5.41, 5.74) is 0.219. The lowest BCUT2D eigenvalue weighted by Gasteiger charge is -2.32. The number of carbonyl (C=O) groups excluding carboxylic acids is 2. The number of carbonyl (C=O) groups is 3. The van der Waals surface area contributed by atoms with Gasteiger partial charge >= 0.3 is 5.97 Å². The molecule has 2 N–H and O–H groups in total. The number of nitrogens with zero attached hydrogens (tertiary/aromatic N) is 1. The third-order valence-electron chi connectivity index (χ3n) is 4.25. The van der Waals surface area contributed by atoms with E-state index in [-0.39, 0.29) is 29.0 Å². The van der Waals surface area contributed by atoms with Gasteiger partial charge in [-0.15, -0.1) is 11.3 Å². The fraction of sp³-hybridized carbons (Fsp3) is 0.278. The smallest absolute Gasteiger partial charge is 0.336 e. The van der Waals surface area contributed by atoms with E-state index >= 15 is 0 Å². The topological polar surface area (TPSA) is 86.7 Å². The van der Waals surface area contributed by atoms with Crippen LogP contribution in [0.25, 0.3) is 0 Å². The summed E-state index contributed by atoms with van der Waals surface area (Å²) in [6.07, 6.45) is 1.30. The van der Waals surface area contributed by atoms with Gasteiger partial charge in [-0.05, 0) is 36.4 Å². The maximum Gasteiger partial charge on any atom is 0.336 e. The van der Waals surface area contributed by atoms with Crippen LogP contribution in [0.4, 0.5) is 0 Å². The van der Waals surface area contributed by atoms with Crippen molar-refractivity contribution in [3.63, 3.8) is 0 Å². The lowest BCUT2D eigenvalue weighted by molar-refractivity contribution is 0.0654. The first kappa shape index (κ1) is 17.2. The van der Waals surface area contributed by atoms with Crippen LogP contribution in [0.3, 0.4) is 0 Å². The molecule has 0 bridgehead atoms. The van der Waals surface area contributed by atoms with E-state index in [0.29, 0.717) is 30.8 Å². The van der Waals surface area contributed by atoms with Crippen LogP contribution < -0.4 is 5.32 Å². The molecule has 2 heterocycles. The van der Waals surface area contributed by atoms with E-state index in [9.17, 15) is 19.5 Å². The number of rotatable bonds is 4. The molecule has 1 aromatic carbocycles. The van der Waals surface area contributed by atoms with E-state index in [0.717, 1.165) is 0 Å². The quantitative estimate of drug-likeness (QED) is 0.879. The summed E-state index contributed by atoms with van der Waals surface area (Å²) < 4.78 is 0. The molecule has 1 fully saturated rings. The predicted octanol–water partition coefficient (Wildman–Crippen LogP) is 2.48. The Hall–Kier alpha value is -2.67.